The van der Waals surface area contributed by atoms with E-state index in [1.54, 1.807) is 6.92 Å². The Balaban J connectivity index is 2.54. The third-order valence-corrected chi connectivity index (χ3v) is 3.98. The first-order valence-corrected chi connectivity index (χ1v) is 6.97. The van der Waals surface area contributed by atoms with Crippen molar-refractivity contribution in [3.05, 3.63) is 29.8 Å². The summed E-state index contributed by atoms with van der Waals surface area (Å²) in [6.45, 7) is 3.64. The number of aliphatic hydroxyl groups excluding tert-OH is 1. The zero-order valence-electron chi connectivity index (χ0n) is 10.8. The van der Waals surface area contributed by atoms with E-state index in [0.29, 0.717) is 5.75 Å². The molecule has 1 aromatic carbocycles. The van der Waals surface area contributed by atoms with Gasteiger partial charge in [-0.25, -0.2) is 8.78 Å². The second-order valence-electron chi connectivity index (χ2n) is 4.38. The number of thioether (sulfide) groups is 1. The number of carbonyl (C=O) groups excluding carboxylic acids is 1. The van der Waals surface area contributed by atoms with Gasteiger partial charge in [0.15, 0.2) is 0 Å². The smallest absolute Gasteiger partial charge is 0.237 e. The number of carbonyl (C=O) groups is 1. The molecule has 2 N–H and O–H groups in total. The number of amides is 1. The summed E-state index contributed by atoms with van der Waals surface area (Å²) in [7, 11) is 0. The molecule has 0 aliphatic carbocycles. The Morgan fingerprint density at radius 1 is 1.42 bits per heavy atom. The van der Waals surface area contributed by atoms with Gasteiger partial charge in [0, 0.05) is 12.7 Å². The van der Waals surface area contributed by atoms with Crippen molar-refractivity contribution >= 4 is 23.4 Å². The van der Waals surface area contributed by atoms with Gasteiger partial charge in [0.05, 0.1) is 10.9 Å². The molecular formula is C13H17F2NO2S. The van der Waals surface area contributed by atoms with Gasteiger partial charge < -0.3 is 10.4 Å². The fourth-order valence-corrected chi connectivity index (χ4v) is 2.20. The van der Waals surface area contributed by atoms with Crippen LogP contribution in [0.3, 0.4) is 0 Å². The van der Waals surface area contributed by atoms with Gasteiger partial charge in [0.2, 0.25) is 5.91 Å². The van der Waals surface area contributed by atoms with Crippen LogP contribution in [0.5, 0.6) is 0 Å². The highest BCUT2D eigenvalue weighted by atomic mass is 32.2. The van der Waals surface area contributed by atoms with Crippen molar-refractivity contribution in [1.82, 2.24) is 0 Å². The molecule has 106 valence electrons. The number of aliphatic hydroxyl groups is 1. The molecule has 1 amide bonds. The van der Waals surface area contributed by atoms with E-state index in [1.165, 1.54) is 17.8 Å². The van der Waals surface area contributed by atoms with Crippen molar-refractivity contribution in [2.75, 3.05) is 17.7 Å². The van der Waals surface area contributed by atoms with Gasteiger partial charge in [-0.3, -0.25) is 4.79 Å². The lowest BCUT2D eigenvalue weighted by molar-refractivity contribution is -0.115. The third kappa shape index (κ3) is 5.16. The lowest BCUT2D eigenvalue weighted by Crippen LogP contribution is -2.24. The molecule has 2 unspecified atom stereocenters. The van der Waals surface area contributed by atoms with Crippen LogP contribution >= 0.6 is 11.8 Å². The Labute approximate surface area is 115 Å². The van der Waals surface area contributed by atoms with Gasteiger partial charge in [-0.2, -0.15) is 0 Å². The number of halogens is 2. The fourth-order valence-electron chi connectivity index (χ4n) is 1.26. The summed E-state index contributed by atoms with van der Waals surface area (Å²) in [5, 5.41) is 10.9. The SMILES string of the molecule is CC(CO)CSC(C)C(=O)Nc1ccc(F)cc1F. The van der Waals surface area contributed by atoms with Crippen LogP contribution in [0.4, 0.5) is 14.5 Å². The van der Waals surface area contributed by atoms with Crippen molar-refractivity contribution in [2.45, 2.75) is 19.1 Å². The topological polar surface area (TPSA) is 49.3 Å². The number of nitrogens with one attached hydrogen (secondary N) is 1. The Kier molecular flexibility index (Phi) is 6.24. The van der Waals surface area contributed by atoms with Crippen molar-refractivity contribution in [3.63, 3.8) is 0 Å². The molecule has 1 aromatic rings. The van der Waals surface area contributed by atoms with Gasteiger partial charge in [-0.15, -0.1) is 11.8 Å². The van der Waals surface area contributed by atoms with Gasteiger partial charge >= 0.3 is 0 Å². The van der Waals surface area contributed by atoms with Crippen molar-refractivity contribution in [3.8, 4) is 0 Å². The zero-order valence-corrected chi connectivity index (χ0v) is 11.6. The van der Waals surface area contributed by atoms with E-state index < -0.39 is 11.6 Å². The van der Waals surface area contributed by atoms with Crippen molar-refractivity contribution in [1.29, 1.82) is 0 Å². The van der Waals surface area contributed by atoms with E-state index in [2.05, 4.69) is 5.32 Å². The summed E-state index contributed by atoms with van der Waals surface area (Å²) < 4.78 is 26.1. The predicted molar refractivity (Wildman–Crippen MR) is 73.2 cm³/mol. The quantitative estimate of drug-likeness (QED) is 0.846. The van der Waals surface area contributed by atoms with E-state index in [1.807, 2.05) is 6.92 Å². The maximum atomic E-state index is 13.3. The van der Waals surface area contributed by atoms with E-state index in [-0.39, 0.29) is 29.4 Å². The summed E-state index contributed by atoms with van der Waals surface area (Å²) in [4.78, 5) is 11.8. The number of anilines is 1. The van der Waals surface area contributed by atoms with Gasteiger partial charge in [0.1, 0.15) is 11.6 Å². The molecule has 0 aliphatic rings. The van der Waals surface area contributed by atoms with E-state index in [0.717, 1.165) is 12.1 Å². The molecule has 0 bridgehead atoms. The lowest BCUT2D eigenvalue weighted by Gasteiger charge is -2.14. The Morgan fingerprint density at radius 2 is 2.11 bits per heavy atom. The highest BCUT2D eigenvalue weighted by Crippen LogP contribution is 2.19. The number of rotatable bonds is 6. The summed E-state index contributed by atoms with van der Waals surface area (Å²) in [5.74, 6) is -1.09. The summed E-state index contributed by atoms with van der Waals surface area (Å²) >= 11 is 1.38. The van der Waals surface area contributed by atoms with E-state index >= 15 is 0 Å². The minimum absolute atomic E-state index is 0.0333. The number of hydrogen-bond donors (Lipinski definition) is 2. The van der Waals surface area contributed by atoms with Gasteiger partial charge in [-0.1, -0.05) is 6.92 Å². The molecule has 19 heavy (non-hydrogen) atoms. The highest BCUT2D eigenvalue weighted by molar-refractivity contribution is 8.00. The normalized spacial score (nSPS) is 13.9. The first kappa shape index (κ1) is 15.9. The minimum Gasteiger partial charge on any atom is -0.396 e. The van der Waals surface area contributed by atoms with Crippen LogP contribution < -0.4 is 5.32 Å². The summed E-state index contributed by atoms with van der Waals surface area (Å²) in [5.41, 5.74) is -0.0333. The predicted octanol–water partition coefficient (Wildman–Crippen LogP) is 2.65. The molecule has 0 spiro atoms. The second-order valence-corrected chi connectivity index (χ2v) is 5.75. The molecule has 2 atom stereocenters. The van der Waals surface area contributed by atoms with Crippen molar-refractivity contribution < 1.29 is 18.7 Å². The van der Waals surface area contributed by atoms with Gasteiger partial charge in [-0.05, 0) is 30.7 Å². The molecule has 0 aromatic heterocycles. The van der Waals surface area contributed by atoms with Crippen LogP contribution in [0.2, 0.25) is 0 Å². The molecule has 0 saturated heterocycles. The first-order valence-electron chi connectivity index (χ1n) is 5.92. The monoisotopic (exact) mass is 289 g/mol. The number of hydrogen-bond acceptors (Lipinski definition) is 3. The molecule has 0 heterocycles. The Hall–Kier alpha value is -1.14. The minimum atomic E-state index is -0.797. The molecule has 6 heteroatoms. The highest BCUT2D eigenvalue weighted by Gasteiger charge is 2.16. The molecular weight excluding hydrogens is 272 g/mol. The van der Waals surface area contributed by atoms with Crippen molar-refractivity contribution in [2.24, 2.45) is 5.92 Å². The lowest BCUT2D eigenvalue weighted by atomic mass is 10.2. The van der Waals surface area contributed by atoms with Crippen LogP contribution in [0.25, 0.3) is 0 Å². The standard InChI is InChI=1S/C13H17F2NO2S/c1-8(6-17)7-19-9(2)13(18)16-12-4-3-10(14)5-11(12)15/h3-5,8-9,17H,6-7H2,1-2H3,(H,16,18). The fraction of sp³-hybridized carbons (Fsp3) is 0.462. The summed E-state index contributed by atoms with van der Waals surface area (Å²) in [6.07, 6.45) is 0. The van der Waals surface area contributed by atoms with Crippen LogP contribution in [0.1, 0.15) is 13.8 Å². The molecule has 0 radical (unpaired) electrons. The van der Waals surface area contributed by atoms with Crippen LogP contribution in [-0.2, 0) is 4.79 Å². The average molecular weight is 289 g/mol. The number of benzene rings is 1. The Bertz CT molecular complexity index is 443. The maximum absolute atomic E-state index is 13.3. The third-order valence-electron chi connectivity index (χ3n) is 2.50. The largest absolute Gasteiger partial charge is 0.396 e. The summed E-state index contributed by atoms with van der Waals surface area (Å²) in [6, 6.07) is 3.00. The zero-order chi connectivity index (χ0) is 14.4. The van der Waals surface area contributed by atoms with E-state index in [4.69, 9.17) is 5.11 Å². The first-order chi connectivity index (χ1) is 8.93. The van der Waals surface area contributed by atoms with Gasteiger partial charge in [0.25, 0.3) is 0 Å². The Morgan fingerprint density at radius 3 is 2.68 bits per heavy atom. The molecule has 0 saturated carbocycles. The molecule has 0 aliphatic heterocycles. The maximum Gasteiger partial charge on any atom is 0.237 e. The van der Waals surface area contributed by atoms with Crippen LogP contribution in [0, 0.1) is 17.6 Å². The van der Waals surface area contributed by atoms with E-state index in [9.17, 15) is 13.6 Å². The molecule has 3 nitrogen and oxygen atoms in total. The van der Waals surface area contributed by atoms with Crippen LogP contribution in [-0.4, -0.2) is 28.6 Å². The van der Waals surface area contributed by atoms with Crippen LogP contribution in [0.15, 0.2) is 18.2 Å². The average Bonchev–Trinajstić information content (AvgIpc) is 2.38. The molecule has 1 rings (SSSR count). The molecule has 0 fully saturated rings. The second kappa shape index (κ2) is 7.45.